The summed E-state index contributed by atoms with van der Waals surface area (Å²) in [6.45, 7) is 0. The minimum atomic E-state index is 0.438. The summed E-state index contributed by atoms with van der Waals surface area (Å²) >= 11 is 0. The molecule has 9 rings (SSSR count). The van der Waals surface area contributed by atoms with E-state index < -0.39 is 0 Å². The molecule has 0 aliphatic rings. The van der Waals surface area contributed by atoms with E-state index >= 15 is 0 Å². The number of nitrogens with zero attached hydrogens (tertiary/aromatic N) is 4. The second-order valence-electron chi connectivity index (χ2n) is 12.0. The van der Waals surface area contributed by atoms with Gasteiger partial charge in [-0.2, -0.15) is 10.5 Å². The Morgan fingerprint density at radius 3 is 1.71 bits per heavy atom. The first-order chi connectivity index (χ1) is 24.2. The summed E-state index contributed by atoms with van der Waals surface area (Å²) in [7, 11) is 0. The summed E-state index contributed by atoms with van der Waals surface area (Å²) in [6.07, 6.45) is 0. The quantitative estimate of drug-likeness (QED) is 0.191. The lowest BCUT2D eigenvalue weighted by Gasteiger charge is -2.30. The van der Waals surface area contributed by atoms with Gasteiger partial charge in [-0.1, -0.05) is 97.1 Å². The van der Waals surface area contributed by atoms with Crippen LogP contribution in [0.15, 0.2) is 162 Å². The van der Waals surface area contributed by atoms with Gasteiger partial charge in [0.05, 0.1) is 39.2 Å². The van der Waals surface area contributed by atoms with Gasteiger partial charge in [-0.3, -0.25) is 0 Å². The molecule has 7 aromatic carbocycles. The zero-order valence-corrected chi connectivity index (χ0v) is 26.2. The molecule has 0 fully saturated rings. The second kappa shape index (κ2) is 11.3. The van der Waals surface area contributed by atoms with Gasteiger partial charge in [0.2, 0.25) is 0 Å². The van der Waals surface area contributed by atoms with E-state index in [1.54, 1.807) is 12.1 Å². The van der Waals surface area contributed by atoms with E-state index in [0.717, 1.165) is 66.2 Å². The minimum Gasteiger partial charge on any atom is -0.456 e. The third-order valence-corrected chi connectivity index (χ3v) is 9.27. The molecule has 0 atom stereocenters. The van der Waals surface area contributed by atoms with Crippen LogP contribution >= 0.6 is 0 Å². The normalized spacial score (nSPS) is 11.2. The van der Waals surface area contributed by atoms with Crippen LogP contribution in [0.1, 0.15) is 11.1 Å². The Morgan fingerprint density at radius 1 is 0.469 bits per heavy atom. The highest BCUT2D eigenvalue weighted by Crippen LogP contribution is 2.46. The Bertz CT molecular complexity index is 2740. The van der Waals surface area contributed by atoms with Crippen molar-refractivity contribution >= 4 is 60.8 Å². The van der Waals surface area contributed by atoms with E-state index in [1.807, 2.05) is 66.7 Å². The SMILES string of the molecule is N#Cc1ccc(C#N)c(-n2c3ccccc3c3ccccc32)c1N(c1ccc(-c2ccccc2)cc1)c1ccc2c(c1)oc1ccccc12. The van der Waals surface area contributed by atoms with E-state index in [9.17, 15) is 10.5 Å². The van der Waals surface area contributed by atoms with E-state index in [1.165, 1.54) is 0 Å². The van der Waals surface area contributed by atoms with Gasteiger partial charge in [0.1, 0.15) is 23.3 Å². The molecule has 5 nitrogen and oxygen atoms in total. The van der Waals surface area contributed by atoms with Crippen molar-refractivity contribution in [2.24, 2.45) is 0 Å². The molecule has 228 valence electrons. The molecule has 0 unspecified atom stereocenters. The first-order valence-corrected chi connectivity index (χ1v) is 16.1. The lowest BCUT2D eigenvalue weighted by atomic mass is 10.0. The molecule has 0 radical (unpaired) electrons. The number of benzene rings is 7. The second-order valence-corrected chi connectivity index (χ2v) is 12.0. The van der Waals surface area contributed by atoms with Gasteiger partial charge in [-0.05, 0) is 65.7 Å². The van der Waals surface area contributed by atoms with Crippen molar-refractivity contribution in [2.45, 2.75) is 0 Å². The fourth-order valence-electron chi connectivity index (χ4n) is 7.07. The van der Waals surface area contributed by atoms with Crippen molar-refractivity contribution in [3.8, 4) is 29.0 Å². The van der Waals surface area contributed by atoms with Crippen molar-refractivity contribution < 1.29 is 4.42 Å². The lowest BCUT2D eigenvalue weighted by molar-refractivity contribution is 0.669. The molecule has 0 aliphatic carbocycles. The molecule has 0 bridgehead atoms. The zero-order valence-electron chi connectivity index (χ0n) is 26.2. The predicted molar refractivity (Wildman–Crippen MR) is 198 cm³/mol. The summed E-state index contributed by atoms with van der Waals surface area (Å²) in [4.78, 5) is 2.08. The van der Waals surface area contributed by atoms with E-state index in [-0.39, 0.29) is 0 Å². The molecule has 0 saturated carbocycles. The van der Waals surface area contributed by atoms with Crippen LogP contribution in [0.2, 0.25) is 0 Å². The fourth-order valence-corrected chi connectivity index (χ4v) is 7.07. The average Bonchev–Trinajstić information content (AvgIpc) is 3.71. The molecule has 0 amide bonds. The fraction of sp³-hybridized carbons (Fsp3) is 0. The van der Waals surface area contributed by atoms with Crippen LogP contribution in [0.5, 0.6) is 0 Å². The Hall–Kier alpha value is -7.08. The summed E-state index contributed by atoms with van der Waals surface area (Å²) in [5.74, 6) is 0. The number of hydrogen-bond donors (Lipinski definition) is 0. The largest absolute Gasteiger partial charge is 0.456 e. The zero-order chi connectivity index (χ0) is 32.9. The number of anilines is 3. The third-order valence-electron chi connectivity index (χ3n) is 9.27. The maximum Gasteiger partial charge on any atom is 0.137 e. The first kappa shape index (κ1) is 28.2. The standard InChI is InChI=1S/C44H26N4O/c45-27-31-18-19-32(28-46)44(48-39-15-7-4-12-35(39)36-13-5-8-16-40(36)48)43(31)47(33-22-20-30(21-23-33)29-10-2-1-3-11-29)34-24-25-38-37-14-6-9-17-41(37)49-42(38)26-34/h1-26H. The van der Waals surface area contributed by atoms with Gasteiger partial charge in [-0.25, -0.2) is 0 Å². The molecule has 2 aromatic heterocycles. The molecule has 0 spiro atoms. The Balaban J connectivity index is 1.38. The van der Waals surface area contributed by atoms with Gasteiger partial charge in [0.25, 0.3) is 0 Å². The van der Waals surface area contributed by atoms with Gasteiger partial charge in [0.15, 0.2) is 0 Å². The van der Waals surface area contributed by atoms with Gasteiger partial charge in [0, 0.05) is 33.3 Å². The van der Waals surface area contributed by atoms with Crippen LogP contribution in [0.4, 0.5) is 17.1 Å². The van der Waals surface area contributed by atoms with E-state index in [0.29, 0.717) is 22.5 Å². The number of para-hydroxylation sites is 3. The van der Waals surface area contributed by atoms with Crippen LogP contribution < -0.4 is 4.90 Å². The average molecular weight is 627 g/mol. The van der Waals surface area contributed by atoms with E-state index in [2.05, 4.69) is 100 Å². The number of aromatic nitrogens is 1. The molecule has 9 aromatic rings. The predicted octanol–water partition coefficient (Wildman–Crippen LogP) is 11.6. The number of rotatable bonds is 5. The van der Waals surface area contributed by atoms with Crippen molar-refractivity contribution in [3.05, 3.63) is 169 Å². The molecule has 0 aliphatic heterocycles. The van der Waals surface area contributed by atoms with Crippen LogP contribution in [-0.2, 0) is 0 Å². The number of hydrogen-bond acceptors (Lipinski definition) is 4. The van der Waals surface area contributed by atoms with Crippen LogP contribution in [0.3, 0.4) is 0 Å². The van der Waals surface area contributed by atoms with E-state index in [4.69, 9.17) is 4.42 Å². The van der Waals surface area contributed by atoms with Crippen molar-refractivity contribution in [1.82, 2.24) is 4.57 Å². The van der Waals surface area contributed by atoms with Crippen molar-refractivity contribution in [3.63, 3.8) is 0 Å². The summed E-state index contributed by atoms with van der Waals surface area (Å²) in [6, 6.07) is 57.6. The van der Waals surface area contributed by atoms with Gasteiger partial charge < -0.3 is 13.9 Å². The van der Waals surface area contributed by atoms with Gasteiger partial charge >= 0.3 is 0 Å². The summed E-state index contributed by atoms with van der Waals surface area (Å²) < 4.78 is 8.49. The number of furan rings is 1. The molecular formula is C44H26N4O. The summed E-state index contributed by atoms with van der Waals surface area (Å²) in [5.41, 5.74) is 9.39. The number of nitriles is 2. The highest BCUT2D eigenvalue weighted by atomic mass is 16.3. The van der Waals surface area contributed by atoms with Crippen LogP contribution in [0, 0.1) is 22.7 Å². The molecule has 49 heavy (non-hydrogen) atoms. The highest BCUT2D eigenvalue weighted by Gasteiger charge is 2.27. The number of fused-ring (bicyclic) bond motifs is 6. The lowest BCUT2D eigenvalue weighted by Crippen LogP contribution is -2.16. The summed E-state index contributed by atoms with van der Waals surface area (Å²) in [5, 5.41) is 25.6. The Morgan fingerprint density at radius 2 is 1.02 bits per heavy atom. The Labute approximate surface area is 282 Å². The monoisotopic (exact) mass is 626 g/mol. The molecule has 0 N–H and O–H groups in total. The smallest absolute Gasteiger partial charge is 0.137 e. The van der Waals surface area contributed by atoms with Crippen LogP contribution in [0.25, 0.3) is 60.6 Å². The third kappa shape index (κ3) is 4.46. The first-order valence-electron chi connectivity index (χ1n) is 16.1. The maximum atomic E-state index is 10.7. The molecular weight excluding hydrogens is 601 g/mol. The molecule has 5 heteroatoms. The highest BCUT2D eigenvalue weighted by molar-refractivity contribution is 6.11. The van der Waals surface area contributed by atoms with Crippen molar-refractivity contribution in [1.29, 1.82) is 10.5 Å². The van der Waals surface area contributed by atoms with Gasteiger partial charge in [-0.15, -0.1) is 0 Å². The molecule has 0 saturated heterocycles. The van der Waals surface area contributed by atoms with Crippen LogP contribution in [-0.4, -0.2) is 4.57 Å². The van der Waals surface area contributed by atoms with Crippen molar-refractivity contribution in [2.75, 3.05) is 4.90 Å². The Kier molecular flexibility index (Phi) is 6.50. The maximum absolute atomic E-state index is 10.7. The molecule has 2 heterocycles. The topological polar surface area (TPSA) is 68.9 Å². The minimum absolute atomic E-state index is 0.438.